The fourth-order valence-corrected chi connectivity index (χ4v) is 2.14. The molecule has 1 amide bonds. The van der Waals surface area contributed by atoms with Crippen LogP contribution in [0.3, 0.4) is 0 Å². The molecule has 3 N–H and O–H groups in total. The summed E-state index contributed by atoms with van der Waals surface area (Å²) in [7, 11) is 2.69. The molecule has 8 heteroatoms. The first-order chi connectivity index (χ1) is 12.0. The number of phenols is 1. The van der Waals surface area contributed by atoms with E-state index in [4.69, 9.17) is 9.47 Å². The molecule has 0 fully saturated rings. The van der Waals surface area contributed by atoms with Crippen LogP contribution in [0.5, 0.6) is 11.5 Å². The molecule has 25 heavy (non-hydrogen) atoms. The SMILES string of the molecule is COC(=O)C(Cc1cnc[nH]1)NC(=O)/C=C/c1ccc(O)c(OC)c1. The van der Waals surface area contributed by atoms with Crippen LogP contribution in [0.15, 0.2) is 36.8 Å². The van der Waals surface area contributed by atoms with Crippen molar-refractivity contribution in [1.29, 1.82) is 0 Å². The lowest BCUT2D eigenvalue weighted by Crippen LogP contribution is -2.42. The number of ether oxygens (including phenoxy) is 2. The number of carbonyl (C=O) groups excluding carboxylic acids is 2. The van der Waals surface area contributed by atoms with Gasteiger partial charge in [0, 0.05) is 24.4 Å². The summed E-state index contributed by atoms with van der Waals surface area (Å²) >= 11 is 0. The van der Waals surface area contributed by atoms with Gasteiger partial charge in [-0.3, -0.25) is 4.79 Å². The Morgan fingerprint density at radius 2 is 2.20 bits per heavy atom. The number of hydrogen-bond donors (Lipinski definition) is 3. The summed E-state index contributed by atoms with van der Waals surface area (Å²) in [6.07, 6.45) is 6.13. The maximum absolute atomic E-state index is 12.1. The minimum atomic E-state index is -0.836. The monoisotopic (exact) mass is 345 g/mol. The first-order valence-corrected chi connectivity index (χ1v) is 7.44. The van der Waals surface area contributed by atoms with Crippen LogP contribution in [0.25, 0.3) is 6.08 Å². The van der Waals surface area contributed by atoms with Crippen LogP contribution in [0, 0.1) is 0 Å². The standard InChI is InChI=1S/C17H19N3O5/c1-24-15-7-11(3-5-14(15)21)4-6-16(22)20-13(17(23)25-2)8-12-9-18-10-19-12/h3-7,9-10,13,21H,8H2,1-2H3,(H,18,19)(H,20,22)/b6-4+. The molecule has 132 valence electrons. The Kier molecular flexibility index (Phi) is 6.16. The second kappa shape index (κ2) is 8.53. The van der Waals surface area contributed by atoms with Crippen molar-refractivity contribution >= 4 is 18.0 Å². The fourth-order valence-electron chi connectivity index (χ4n) is 2.14. The molecular weight excluding hydrogens is 326 g/mol. The summed E-state index contributed by atoms with van der Waals surface area (Å²) in [5, 5.41) is 12.1. The first-order valence-electron chi connectivity index (χ1n) is 7.44. The van der Waals surface area contributed by atoms with Gasteiger partial charge in [-0.15, -0.1) is 0 Å². The van der Waals surface area contributed by atoms with Crippen LogP contribution in [-0.4, -0.2) is 47.2 Å². The largest absolute Gasteiger partial charge is 0.504 e. The molecule has 1 aromatic heterocycles. The van der Waals surface area contributed by atoms with Gasteiger partial charge in [-0.1, -0.05) is 6.07 Å². The number of phenolic OH excluding ortho intramolecular Hbond substituents is 1. The Labute approximate surface area is 144 Å². The van der Waals surface area contributed by atoms with E-state index in [2.05, 4.69) is 15.3 Å². The quantitative estimate of drug-likeness (QED) is 0.510. The summed E-state index contributed by atoms with van der Waals surface area (Å²) in [6.45, 7) is 0. The number of imidazole rings is 1. The van der Waals surface area contributed by atoms with Crippen molar-refractivity contribution in [2.24, 2.45) is 0 Å². The number of rotatable bonds is 7. The second-order valence-corrected chi connectivity index (χ2v) is 5.13. The fraction of sp³-hybridized carbons (Fsp3) is 0.235. The number of hydrogen-bond acceptors (Lipinski definition) is 6. The van der Waals surface area contributed by atoms with Gasteiger partial charge in [-0.05, 0) is 23.8 Å². The van der Waals surface area contributed by atoms with E-state index in [9.17, 15) is 14.7 Å². The number of esters is 1. The molecule has 0 aliphatic carbocycles. The summed E-state index contributed by atoms with van der Waals surface area (Å²) in [5.41, 5.74) is 1.36. The summed E-state index contributed by atoms with van der Waals surface area (Å²) in [6, 6.07) is 3.84. The Balaban J connectivity index is 2.03. The van der Waals surface area contributed by atoms with E-state index in [0.717, 1.165) is 0 Å². The van der Waals surface area contributed by atoms with E-state index in [1.165, 1.54) is 32.7 Å². The molecule has 2 rings (SSSR count). The minimum absolute atomic E-state index is 0.00872. The molecule has 0 saturated heterocycles. The lowest BCUT2D eigenvalue weighted by Gasteiger charge is -2.14. The Hall–Kier alpha value is -3.29. The molecular formula is C17H19N3O5. The van der Waals surface area contributed by atoms with Gasteiger partial charge in [0.15, 0.2) is 11.5 Å². The highest BCUT2D eigenvalue weighted by Gasteiger charge is 2.21. The van der Waals surface area contributed by atoms with Crippen molar-refractivity contribution in [3.8, 4) is 11.5 Å². The zero-order valence-electron chi connectivity index (χ0n) is 13.9. The topological polar surface area (TPSA) is 114 Å². The number of carbonyl (C=O) groups is 2. The molecule has 0 saturated carbocycles. The highest BCUT2D eigenvalue weighted by molar-refractivity contribution is 5.94. The highest BCUT2D eigenvalue weighted by atomic mass is 16.5. The van der Waals surface area contributed by atoms with Crippen LogP contribution >= 0.6 is 0 Å². The molecule has 1 unspecified atom stereocenters. The van der Waals surface area contributed by atoms with E-state index in [1.54, 1.807) is 24.4 Å². The van der Waals surface area contributed by atoms with Gasteiger partial charge in [0.05, 0.1) is 20.5 Å². The number of aromatic hydroxyl groups is 1. The average Bonchev–Trinajstić information content (AvgIpc) is 3.12. The van der Waals surface area contributed by atoms with Gasteiger partial charge in [0.1, 0.15) is 6.04 Å². The third kappa shape index (κ3) is 5.10. The van der Waals surface area contributed by atoms with Crippen LogP contribution in [-0.2, 0) is 20.7 Å². The van der Waals surface area contributed by atoms with Crippen molar-refractivity contribution in [1.82, 2.24) is 15.3 Å². The number of nitrogens with zero attached hydrogens (tertiary/aromatic N) is 1. The van der Waals surface area contributed by atoms with Crippen LogP contribution in [0.2, 0.25) is 0 Å². The number of benzene rings is 1. The number of nitrogens with one attached hydrogen (secondary N) is 2. The molecule has 8 nitrogen and oxygen atoms in total. The average molecular weight is 345 g/mol. The van der Waals surface area contributed by atoms with Gasteiger partial charge in [0.25, 0.3) is 0 Å². The Morgan fingerprint density at radius 3 is 2.84 bits per heavy atom. The molecule has 1 atom stereocenters. The van der Waals surface area contributed by atoms with Crippen molar-refractivity contribution in [3.63, 3.8) is 0 Å². The first kappa shape index (κ1) is 18.1. The molecule has 0 aliphatic heterocycles. The van der Waals surface area contributed by atoms with Crippen LogP contribution < -0.4 is 10.1 Å². The lowest BCUT2D eigenvalue weighted by molar-refractivity contribution is -0.144. The number of methoxy groups -OCH3 is 2. The maximum Gasteiger partial charge on any atom is 0.328 e. The molecule has 1 heterocycles. The van der Waals surface area contributed by atoms with E-state index >= 15 is 0 Å². The molecule has 0 bridgehead atoms. The van der Waals surface area contributed by atoms with Gasteiger partial charge in [-0.25, -0.2) is 9.78 Å². The van der Waals surface area contributed by atoms with Crippen molar-refractivity contribution in [2.75, 3.05) is 14.2 Å². The van der Waals surface area contributed by atoms with Gasteiger partial charge < -0.3 is 24.9 Å². The highest BCUT2D eigenvalue weighted by Crippen LogP contribution is 2.26. The van der Waals surface area contributed by atoms with E-state index in [1.807, 2.05) is 0 Å². The maximum atomic E-state index is 12.1. The van der Waals surface area contributed by atoms with E-state index in [-0.39, 0.29) is 12.2 Å². The molecule has 0 spiro atoms. The van der Waals surface area contributed by atoms with Crippen molar-refractivity contribution < 1.29 is 24.2 Å². The van der Waals surface area contributed by atoms with E-state index in [0.29, 0.717) is 17.0 Å². The van der Waals surface area contributed by atoms with Crippen LogP contribution in [0.4, 0.5) is 0 Å². The molecule has 0 aliphatic rings. The lowest BCUT2D eigenvalue weighted by atomic mass is 10.1. The number of aromatic nitrogens is 2. The Morgan fingerprint density at radius 1 is 1.40 bits per heavy atom. The van der Waals surface area contributed by atoms with Crippen molar-refractivity contribution in [3.05, 3.63) is 48.1 Å². The molecule has 2 aromatic rings. The molecule has 0 radical (unpaired) electrons. The number of aromatic amines is 1. The van der Waals surface area contributed by atoms with Gasteiger partial charge in [-0.2, -0.15) is 0 Å². The summed E-state index contributed by atoms with van der Waals surface area (Å²) in [5.74, 6) is -0.701. The van der Waals surface area contributed by atoms with E-state index < -0.39 is 17.9 Å². The number of H-pyrrole nitrogens is 1. The van der Waals surface area contributed by atoms with Crippen molar-refractivity contribution in [2.45, 2.75) is 12.5 Å². The van der Waals surface area contributed by atoms with Crippen LogP contribution in [0.1, 0.15) is 11.3 Å². The normalized spacial score (nSPS) is 11.9. The third-order valence-electron chi connectivity index (χ3n) is 3.41. The predicted molar refractivity (Wildman–Crippen MR) is 89.9 cm³/mol. The van der Waals surface area contributed by atoms with Gasteiger partial charge in [0.2, 0.25) is 5.91 Å². The smallest absolute Gasteiger partial charge is 0.328 e. The minimum Gasteiger partial charge on any atom is -0.504 e. The Bertz CT molecular complexity index is 756. The number of amides is 1. The summed E-state index contributed by atoms with van der Waals surface area (Å²) in [4.78, 5) is 30.7. The molecule has 1 aromatic carbocycles. The second-order valence-electron chi connectivity index (χ2n) is 5.13. The summed E-state index contributed by atoms with van der Waals surface area (Å²) < 4.78 is 9.72. The predicted octanol–water partition coefficient (Wildman–Crippen LogP) is 1.04. The van der Waals surface area contributed by atoms with Gasteiger partial charge >= 0.3 is 5.97 Å². The zero-order valence-corrected chi connectivity index (χ0v) is 13.9. The zero-order chi connectivity index (χ0) is 18.2. The third-order valence-corrected chi connectivity index (χ3v) is 3.41.